The highest BCUT2D eigenvalue weighted by Gasteiger charge is 2.36. The van der Waals surface area contributed by atoms with Crippen LogP contribution in [0.1, 0.15) is 25.7 Å². The number of hydrogen-bond donors (Lipinski definition) is 0. The molecule has 3 nitrogen and oxygen atoms in total. The molecule has 1 aliphatic heterocycles. The Kier molecular flexibility index (Phi) is 2.22. The van der Waals surface area contributed by atoms with E-state index >= 15 is 0 Å². The van der Waals surface area contributed by atoms with Gasteiger partial charge in [-0.25, -0.2) is 0 Å². The van der Waals surface area contributed by atoms with Crippen LogP contribution in [0.25, 0.3) is 0 Å². The van der Waals surface area contributed by atoms with Gasteiger partial charge in [0.2, 0.25) is 5.91 Å². The largest absolute Gasteiger partial charge is 0.342 e. The summed E-state index contributed by atoms with van der Waals surface area (Å²) in [5.74, 6) is 1.11. The van der Waals surface area contributed by atoms with E-state index in [-0.39, 0.29) is 0 Å². The fourth-order valence-electron chi connectivity index (χ4n) is 1.92. The maximum Gasteiger partial charge on any atom is 0.225 e. The van der Waals surface area contributed by atoms with E-state index in [2.05, 4.69) is 6.07 Å². The van der Waals surface area contributed by atoms with Gasteiger partial charge in [0.1, 0.15) is 0 Å². The van der Waals surface area contributed by atoms with Crippen LogP contribution in [-0.4, -0.2) is 23.9 Å². The third kappa shape index (κ3) is 1.82. The van der Waals surface area contributed by atoms with Gasteiger partial charge in [-0.1, -0.05) is 0 Å². The molecule has 1 saturated carbocycles. The second kappa shape index (κ2) is 3.37. The van der Waals surface area contributed by atoms with Crippen molar-refractivity contribution in [2.45, 2.75) is 25.7 Å². The van der Waals surface area contributed by atoms with Crippen molar-refractivity contribution in [3.63, 3.8) is 0 Å². The van der Waals surface area contributed by atoms with Crippen LogP contribution in [0.5, 0.6) is 0 Å². The lowest BCUT2D eigenvalue weighted by molar-refractivity contribution is -0.131. The molecule has 0 aromatic heterocycles. The standard InChI is InChI=1S/C10H14N2O/c11-5-3-8-4-6-12(7-8)10(13)9-1-2-9/h8-9H,1-4,6-7H2. The smallest absolute Gasteiger partial charge is 0.225 e. The van der Waals surface area contributed by atoms with Gasteiger partial charge in [-0.3, -0.25) is 4.79 Å². The average molecular weight is 178 g/mol. The number of hydrogen-bond acceptors (Lipinski definition) is 2. The summed E-state index contributed by atoms with van der Waals surface area (Å²) in [6.07, 6.45) is 3.79. The Morgan fingerprint density at radius 3 is 2.85 bits per heavy atom. The molecule has 2 fully saturated rings. The van der Waals surface area contributed by atoms with E-state index in [4.69, 9.17) is 5.26 Å². The zero-order chi connectivity index (χ0) is 9.26. The fraction of sp³-hybridized carbons (Fsp3) is 0.800. The predicted octanol–water partition coefficient (Wildman–Crippen LogP) is 1.16. The van der Waals surface area contributed by atoms with Crippen LogP contribution in [0, 0.1) is 23.2 Å². The van der Waals surface area contributed by atoms with Crippen molar-refractivity contribution in [2.24, 2.45) is 11.8 Å². The molecular formula is C10H14N2O. The number of nitriles is 1. The molecule has 1 atom stereocenters. The van der Waals surface area contributed by atoms with Crippen molar-refractivity contribution in [1.29, 1.82) is 5.26 Å². The van der Waals surface area contributed by atoms with Crippen LogP contribution in [0.15, 0.2) is 0 Å². The van der Waals surface area contributed by atoms with Gasteiger partial charge in [0.05, 0.1) is 6.07 Å². The molecular weight excluding hydrogens is 164 g/mol. The van der Waals surface area contributed by atoms with Crippen molar-refractivity contribution in [2.75, 3.05) is 13.1 Å². The molecule has 0 radical (unpaired) electrons. The molecule has 0 bridgehead atoms. The lowest BCUT2D eigenvalue weighted by atomic mass is 10.1. The first-order chi connectivity index (χ1) is 6.31. The minimum absolute atomic E-state index is 0.334. The highest BCUT2D eigenvalue weighted by Crippen LogP contribution is 2.33. The molecule has 1 unspecified atom stereocenters. The van der Waals surface area contributed by atoms with Gasteiger partial charge in [-0.05, 0) is 25.2 Å². The monoisotopic (exact) mass is 178 g/mol. The first-order valence-corrected chi connectivity index (χ1v) is 4.97. The third-order valence-corrected chi connectivity index (χ3v) is 2.90. The quantitative estimate of drug-likeness (QED) is 0.636. The van der Waals surface area contributed by atoms with Crippen molar-refractivity contribution in [3.8, 4) is 6.07 Å². The summed E-state index contributed by atoms with van der Waals surface area (Å²) in [6, 6.07) is 2.18. The first-order valence-electron chi connectivity index (χ1n) is 4.97. The normalized spacial score (nSPS) is 27.3. The molecule has 13 heavy (non-hydrogen) atoms. The van der Waals surface area contributed by atoms with Crippen LogP contribution in [0.4, 0.5) is 0 Å². The van der Waals surface area contributed by atoms with E-state index < -0.39 is 0 Å². The summed E-state index contributed by atoms with van der Waals surface area (Å²) in [5, 5.41) is 8.52. The summed E-state index contributed by atoms with van der Waals surface area (Å²) < 4.78 is 0. The predicted molar refractivity (Wildman–Crippen MR) is 47.6 cm³/mol. The van der Waals surface area contributed by atoms with Crippen LogP contribution in [0.3, 0.4) is 0 Å². The Bertz CT molecular complexity index is 252. The maximum absolute atomic E-state index is 11.6. The minimum Gasteiger partial charge on any atom is -0.342 e. The second-order valence-electron chi connectivity index (χ2n) is 4.08. The molecule has 0 spiro atoms. The van der Waals surface area contributed by atoms with Gasteiger partial charge < -0.3 is 4.90 Å². The Balaban J connectivity index is 1.83. The summed E-state index contributed by atoms with van der Waals surface area (Å²) >= 11 is 0. The number of nitrogens with zero attached hydrogens (tertiary/aromatic N) is 2. The van der Waals surface area contributed by atoms with E-state index in [0.717, 1.165) is 32.4 Å². The van der Waals surface area contributed by atoms with Gasteiger partial charge >= 0.3 is 0 Å². The van der Waals surface area contributed by atoms with Crippen LogP contribution in [0.2, 0.25) is 0 Å². The topological polar surface area (TPSA) is 44.1 Å². The van der Waals surface area contributed by atoms with Crippen molar-refractivity contribution in [1.82, 2.24) is 4.90 Å². The number of carbonyl (C=O) groups excluding carboxylic acids is 1. The average Bonchev–Trinajstić information content (AvgIpc) is 2.87. The number of rotatable bonds is 2. The van der Waals surface area contributed by atoms with Crippen molar-refractivity contribution in [3.05, 3.63) is 0 Å². The highest BCUT2D eigenvalue weighted by molar-refractivity contribution is 5.81. The Hall–Kier alpha value is -1.04. The number of carbonyl (C=O) groups is 1. The lowest BCUT2D eigenvalue weighted by Gasteiger charge is -2.15. The zero-order valence-electron chi connectivity index (χ0n) is 7.70. The third-order valence-electron chi connectivity index (χ3n) is 2.90. The molecule has 0 aromatic carbocycles. The Morgan fingerprint density at radius 2 is 2.23 bits per heavy atom. The molecule has 0 N–H and O–H groups in total. The van der Waals surface area contributed by atoms with Gasteiger partial charge in [0.15, 0.2) is 0 Å². The van der Waals surface area contributed by atoms with Crippen molar-refractivity contribution < 1.29 is 4.79 Å². The van der Waals surface area contributed by atoms with E-state index in [1.807, 2.05) is 4.90 Å². The van der Waals surface area contributed by atoms with Crippen LogP contribution in [-0.2, 0) is 4.79 Å². The molecule has 2 rings (SSSR count). The first kappa shape index (κ1) is 8.55. The Labute approximate surface area is 78.3 Å². The summed E-state index contributed by atoms with van der Waals surface area (Å²) in [5.41, 5.74) is 0. The van der Waals surface area contributed by atoms with Crippen LogP contribution >= 0.6 is 0 Å². The van der Waals surface area contributed by atoms with E-state index in [1.165, 1.54) is 0 Å². The van der Waals surface area contributed by atoms with E-state index in [9.17, 15) is 4.79 Å². The Morgan fingerprint density at radius 1 is 1.46 bits per heavy atom. The van der Waals surface area contributed by atoms with Gasteiger partial charge in [0.25, 0.3) is 0 Å². The van der Waals surface area contributed by atoms with Crippen LogP contribution < -0.4 is 0 Å². The molecule has 70 valence electrons. The van der Waals surface area contributed by atoms with Gasteiger partial charge in [-0.2, -0.15) is 5.26 Å². The van der Waals surface area contributed by atoms with E-state index in [0.29, 0.717) is 24.2 Å². The maximum atomic E-state index is 11.6. The van der Waals surface area contributed by atoms with Gasteiger partial charge in [-0.15, -0.1) is 0 Å². The second-order valence-corrected chi connectivity index (χ2v) is 4.08. The lowest BCUT2D eigenvalue weighted by Crippen LogP contribution is -2.29. The molecule has 1 saturated heterocycles. The minimum atomic E-state index is 0.334. The highest BCUT2D eigenvalue weighted by atomic mass is 16.2. The summed E-state index contributed by atoms with van der Waals surface area (Å²) in [6.45, 7) is 1.70. The van der Waals surface area contributed by atoms with Gasteiger partial charge in [0, 0.05) is 25.4 Å². The molecule has 3 heteroatoms. The summed E-state index contributed by atoms with van der Waals surface area (Å²) in [7, 11) is 0. The molecule has 1 aliphatic carbocycles. The molecule has 1 amide bonds. The molecule has 1 heterocycles. The fourth-order valence-corrected chi connectivity index (χ4v) is 1.92. The number of amides is 1. The summed E-state index contributed by atoms with van der Waals surface area (Å²) in [4.78, 5) is 13.5. The SMILES string of the molecule is N#CCC1CCN(C(=O)C2CC2)C1. The van der Waals surface area contributed by atoms with Crippen molar-refractivity contribution >= 4 is 5.91 Å². The molecule has 0 aromatic rings. The molecule has 2 aliphatic rings. The zero-order valence-corrected chi connectivity index (χ0v) is 7.70. The van der Waals surface area contributed by atoms with E-state index in [1.54, 1.807) is 0 Å². The number of likely N-dealkylation sites (tertiary alicyclic amines) is 1.